The van der Waals surface area contributed by atoms with E-state index in [4.69, 9.17) is 4.74 Å². The van der Waals surface area contributed by atoms with E-state index < -0.39 is 0 Å². The van der Waals surface area contributed by atoms with Crippen LogP contribution < -0.4 is 20.3 Å². The van der Waals surface area contributed by atoms with Gasteiger partial charge in [0.05, 0.1) is 13.5 Å². The summed E-state index contributed by atoms with van der Waals surface area (Å²) in [6, 6.07) is 23.4. The molecule has 0 atom stereocenters. The summed E-state index contributed by atoms with van der Waals surface area (Å²) in [6.07, 6.45) is 3.21. The van der Waals surface area contributed by atoms with Gasteiger partial charge in [0.1, 0.15) is 11.6 Å². The molecular formula is C29H34FN3O2. The Hall–Kier alpha value is -3.38. The quantitative estimate of drug-likeness (QED) is 0.454. The molecule has 5 nitrogen and oxygen atoms in total. The second kappa shape index (κ2) is 12.4. The van der Waals surface area contributed by atoms with E-state index >= 15 is 0 Å². The summed E-state index contributed by atoms with van der Waals surface area (Å²) in [4.78, 5) is 14.8. The maximum Gasteiger partial charge on any atom is 0.224 e. The molecular weight excluding hydrogens is 441 g/mol. The van der Waals surface area contributed by atoms with Crippen LogP contribution in [-0.2, 0) is 24.2 Å². The Balaban J connectivity index is 1.18. The van der Waals surface area contributed by atoms with Crippen LogP contribution in [0.3, 0.4) is 0 Å². The summed E-state index contributed by atoms with van der Waals surface area (Å²) in [7, 11) is 1.66. The van der Waals surface area contributed by atoms with Crippen LogP contribution in [0.4, 0.5) is 10.1 Å². The standard InChI is InChI=1S/C29H34FN3O2/c1-35-28-8-3-2-6-24(28)13-16-31-29(34)20-22-9-11-27(12-10-22)33-17-14-26(15-18-33)32-21-23-5-4-7-25(30)19-23/h2-12,19,26,32H,13-18,20-21H2,1H3,(H,31,34). The Morgan fingerprint density at radius 1 is 1.00 bits per heavy atom. The lowest BCUT2D eigenvalue weighted by molar-refractivity contribution is -0.120. The lowest BCUT2D eigenvalue weighted by Gasteiger charge is -2.34. The first-order valence-corrected chi connectivity index (χ1v) is 12.3. The number of hydrogen-bond acceptors (Lipinski definition) is 4. The molecule has 1 amide bonds. The number of nitrogens with zero attached hydrogens (tertiary/aromatic N) is 1. The molecule has 0 unspecified atom stereocenters. The van der Waals surface area contributed by atoms with E-state index in [0.29, 0.717) is 25.6 Å². The number of para-hydroxylation sites is 1. The highest BCUT2D eigenvalue weighted by Crippen LogP contribution is 2.21. The molecule has 0 aromatic heterocycles. The Kier molecular flexibility index (Phi) is 8.74. The molecule has 3 aromatic rings. The predicted molar refractivity (Wildman–Crippen MR) is 138 cm³/mol. The number of amides is 1. The molecule has 1 aliphatic rings. The third-order valence-electron chi connectivity index (χ3n) is 6.55. The van der Waals surface area contributed by atoms with Crippen molar-refractivity contribution in [2.45, 2.75) is 38.3 Å². The highest BCUT2D eigenvalue weighted by atomic mass is 19.1. The topological polar surface area (TPSA) is 53.6 Å². The molecule has 1 heterocycles. The van der Waals surface area contributed by atoms with Crippen molar-refractivity contribution in [2.75, 3.05) is 31.6 Å². The van der Waals surface area contributed by atoms with Crippen LogP contribution in [0.25, 0.3) is 0 Å². The maximum atomic E-state index is 13.4. The first-order chi connectivity index (χ1) is 17.1. The smallest absolute Gasteiger partial charge is 0.224 e. The third kappa shape index (κ3) is 7.30. The number of benzene rings is 3. The largest absolute Gasteiger partial charge is 0.496 e. The number of carbonyl (C=O) groups is 1. The second-order valence-electron chi connectivity index (χ2n) is 9.03. The van der Waals surface area contributed by atoms with Gasteiger partial charge in [0, 0.05) is 37.9 Å². The fourth-order valence-corrected chi connectivity index (χ4v) is 4.57. The minimum absolute atomic E-state index is 0.0258. The van der Waals surface area contributed by atoms with E-state index in [1.165, 1.54) is 11.8 Å². The molecule has 184 valence electrons. The number of ether oxygens (including phenoxy) is 1. The average molecular weight is 476 g/mol. The van der Waals surface area contributed by atoms with Gasteiger partial charge >= 0.3 is 0 Å². The van der Waals surface area contributed by atoms with Gasteiger partial charge in [-0.15, -0.1) is 0 Å². The molecule has 35 heavy (non-hydrogen) atoms. The Labute approximate surface area is 207 Å². The van der Waals surface area contributed by atoms with Gasteiger partial charge in [-0.05, 0) is 66.3 Å². The van der Waals surface area contributed by atoms with Crippen LogP contribution >= 0.6 is 0 Å². The van der Waals surface area contributed by atoms with Gasteiger partial charge in [-0.3, -0.25) is 4.79 Å². The highest BCUT2D eigenvalue weighted by molar-refractivity contribution is 5.78. The first kappa shape index (κ1) is 24.7. The normalized spacial score (nSPS) is 14.1. The van der Waals surface area contributed by atoms with Crippen molar-refractivity contribution in [3.63, 3.8) is 0 Å². The van der Waals surface area contributed by atoms with E-state index in [1.54, 1.807) is 19.2 Å². The lowest BCUT2D eigenvalue weighted by Crippen LogP contribution is -2.42. The van der Waals surface area contributed by atoms with Crippen molar-refractivity contribution < 1.29 is 13.9 Å². The number of halogens is 1. The van der Waals surface area contributed by atoms with Crippen LogP contribution in [0, 0.1) is 5.82 Å². The summed E-state index contributed by atoms with van der Waals surface area (Å²) in [5.41, 5.74) is 4.27. The zero-order valence-corrected chi connectivity index (χ0v) is 20.3. The van der Waals surface area contributed by atoms with Crippen LogP contribution in [0.5, 0.6) is 5.75 Å². The molecule has 6 heteroatoms. The second-order valence-corrected chi connectivity index (χ2v) is 9.03. The molecule has 3 aromatic carbocycles. The summed E-state index contributed by atoms with van der Waals surface area (Å²) < 4.78 is 18.7. The summed E-state index contributed by atoms with van der Waals surface area (Å²) in [5, 5.41) is 6.56. The summed E-state index contributed by atoms with van der Waals surface area (Å²) in [6.45, 7) is 3.23. The minimum atomic E-state index is -0.187. The average Bonchev–Trinajstić information content (AvgIpc) is 2.89. The predicted octanol–water partition coefficient (Wildman–Crippen LogP) is 4.49. The van der Waals surface area contributed by atoms with E-state index in [1.807, 2.05) is 42.5 Å². The Morgan fingerprint density at radius 2 is 1.77 bits per heavy atom. The molecule has 1 fully saturated rings. The fraction of sp³-hybridized carbons (Fsp3) is 0.345. The Bertz CT molecular complexity index is 1100. The van der Waals surface area contributed by atoms with E-state index in [9.17, 15) is 9.18 Å². The van der Waals surface area contributed by atoms with Gasteiger partial charge in [0.15, 0.2) is 0 Å². The summed E-state index contributed by atoms with van der Waals surface area (Å²) >= 11 is 0. The zero-order chi connectivity index (χ0) is 24.5. The van der Waals surface area contributed by atoms with Gasteiger partial charge in [0.2, 0.25) is 5.91 Å². The van der Waals surface area contributed by atoms with Gasteiger partial charge < -0.3 is 20.3 Å². The number of methoxy groups -OCH3 is 1. The molecule has 2 N–H and O–H groups in total. The first-order valence-electron chi connectivity index (χ1n) is 12.3. The van der Waals surface area contributed by atoms with E-state index in [0.717, 1.165) is 54.8 Å². The zero-order valence-electron chi connectivity index (χ0n) is 20.3. The molecule has 0 radical (unpaired) electrons. The third-order valence-corrected chi connectivity index (χ3v) is 6.55. The minimum Gasteiger partial charge on any atom is -0.496 e. The van der Waals surface area contributed by atoms with Crippen LogP contribution in [0.15, 0.2) is 72.8 Å². The monoisotopic (exact) mass is 475 g/mol. The molecule has 1 aliphatic heterocycles. The van der Waals surface area contributed by atoms with Crippen molar-refractivity contribution >= 4 is 11.6 Å². The van der Waals surface area contributed by atoms with Crippen LogP contribution in [-0.4, -0.2) is 38.7 Å². The number of carbonyl (C=O) groups excluding carboxylic acids is 1. The molecule has 0 spiro atoms. The van der Waals surface area contributed by atoms with Gasteiger partial charge in [-0.2, -0.15) is 0 Å². The van der Waals surface area contributed by atoms with Gasteiger partial charge in [-0.1, -0.05) is 42.5 Å². The number of hydrogen-bond donors (Lipinski definition) is 2. The van der Waals surface area contributed by atoms with Crippen molar-refractivity contribution in [3.8, 4) is 5.75 Å². The van der Waals surface area contributed by atoms with Gasteiger partial charge in [0.25, 0.3) is 0 Å². The van der Waals surface area contributed by atoms with Crippen molar-refractivity contribution in [1.29, 1.82) is 0 Å². The number of piperidine rings is 1. The van der Waals surface area contributed by atoms with Crippen LogP contribution in [0.1, 0.15) is 29.5 Å². The van der Waals surface area contributed by atoms with Crippen molar-refractivity contribution in [2.24, 2.45) is 0 Å². The number of anilines is 1. The maximum absolute atomic E-state index is 13.4. The number of nitrogens with one attached hydrogen (secondary N) is 2. The lowest BCUT2D eigenvalue weighted by atomic mass is 10.0. The van der Waals surface area contributed by atoms with Crippen LogP contribution in [0.2, 0.25) is 0 Å². The SMILES string of the molecule is COc1ccccc1CCNC(=O)Cc1ccc(N2CCC(NCc3cccc(F)c3)CC2)cc1. The van der Waals surface area contributed by atoms with Crippen molar-refractivity contribution in [1.82, 2.24) is 10.6 Å². The van der Waals surface area contributed by atoms with Crippen molar-refractivity contribution in [3.05, 3.63) is 95.3 Å². The van der Waals surface area contributed by atoms with Gasteiger partial charge in [-0.25, -0.2) is 4.39 Å². The summed E-state index contributed by atoms with van der Waals surface area (Å²) in [5.74, 6) is 0.689. The molecule has 4 rings (SSSR count). The van der Waals surface area contributed by atoms with E-state index in [2.05, 4.69) is 27.7 Å². The Morgan fingerprint density at radius 3 is 2.51 bits per heavy atom. The molecule has 1 saturated heterocycles. The molecule has 0 aliphatic carbocycles. The number of rotatable bonds is 10. The van der Waals surface area contributed by atoms with E-state index in [-0.39, 0.29) is 11.7 Å². The molecule has 0 bridgehead atoms. The molecule has 0 saturated carbocycles. The highest BCUT2D eigenvalue weighted by Gasteiger charge is 2.19. The fourth-order valence-electron chi connectivity index (χ4n) is 4.57.